The van der Waals surface area contributed by atoms with Gasteiger partial charge in [-0.1, -0.05) is 24.6 Å². The van der Waals surface area contributed by atoms with E-state index in [0.29, 0.717) is 6.04 Å². The Labute approximate surface area is 168 Å². The third-order valence-electron chi connectivity index (χ3n) is 7.81. The van der Waals surface area contributed by atoms with Gasteiger partial charge in [-0.05, 0) is 75.7 Å². The van der Waals surface area contributed by atoms with Crippen LogP contribution in [0.1, 0.15) is 62.1 Å². The lowest BCUT2D eigenvalue weighted by Gasteiger charge is -2.49. The van der Waals surface area contributed by atoms with Crippen LogP contribution in [-0.2, 0) is 11.2 Å². The topological polar surface area (TPSA) is 20.6 Å². The SMILES string of the molecule is c1ccc2c(c1)c1c3n2[C@H](OCCN2CCCCC2)C[C@@H]2CCCN(CC1)[C@@H]32. The van der Waals surface area contributed by atoms with E-state index in [1.165, 1.54) is 82.0 Å². The van der Waals surface area contributed by atoms with Crippen molar-refractivity contribution in [2.45, 2.75) is 57.2 Å². The molecule has 3 atom stereocenters. The predicted molar refractivity (Wildman–Crippen MR) is 113 cm³/mol. The fourth-order valence-corrected chi connectivity index (χ4v) is 6.55. The molecular weight excluding hydrogens is 346 g/mol. The second-order valence-corrected chi connectivity index (χ2v) is 9.35. The minimum absolute atomic E-state index is 0.220. The molecule has 150 valence electrons. The Morgan fingerprint density at radius 3 is 2.79 bits per heavy atom. The number of ether oxygens (including phenoxy) is 1. The van der Waals surface area contributed by atoms with Gasteiger partial charge in [-0.3, -0.25) is 4.90 Å². The summed E-state index contributed by atoms with van der Waals surface area (Å²) in [5.74, 6) is 0.768. The zero-order valence-corrected chi connectivity index (χ0v) is 17.0. The van der Waals surface area contributed by atoms with E-state index in [4.69, 9.17) is 4.74 Å². The average molecular weight is 380 g/mol. The normalized spacial score (nSPS) is 30.5. The van der Waals surface area contributed by atoms with Crippen LogP contribution in [0.25, 0.3) is 10.9 Å². The molecule has 1 aromatic heterocycles. The molecule has 4 aliphatic heterocycles. The summed E-state index contributed by atoms with van der Waals surface area (Å²) >= 11 is 0. The third kappa shape index (κ3) is 2.76. The molecule has 2 fully saturated rings. The Hall–Kier alpha value is -1.36. The van der Waals surface area contributed by atoms with Gasteiger partial charge in [-0.25, -0.2) is 0 Å². The number of fused-ring (bicyclic) bond motifs is 3. The van der Waals surface area contributed by atoms with E-state index in [2.05, 4.69) is 38.6 Å². The van der Waals surface area contributed by atoms with Gasteiger partial charge < -0.3 is 14.2 Å². The largest absolute Gasteiger partial charge is 0.357 e. The Kier molecular flexibility index (Phi) is 4.47. The van der Waals surface area contributed by atoms with Crippen LogP contribution in [0.4, 0.5) is 0 Å². The molecule has 0 bridgehead atoms. The van der Waals surface area contributed by atoms with E-state index in [-0.39, 0.29) is 6.23 Å². The number of rotatable bonds is 4. The highest BCUT2D eigenvalue weighted by molar-refractivity contribution is 5.86. The van der Waals surface area contributed by atoms with Gasteiger partial charge in [-0.15, -0.1) is 0 Å². The second-order valence-electron chi connectivity index (χ2n) is 9.35. The Morgan fingerprint density at radius 2 is 1.86 bits per heavy atom. The fourth-order valence-electron chi connectivity index (χ4n) is 6.55. The Morgan fingerprint density at radius 1 is 0.964 bits per heavy atom. The van der Waals surface area contributed by atoms with Gasteiger partial charge in [0.05, 0.1) is 18.2 Å². The lowest BCUT2D eigenvalue weighted by Crippen LogP contribution is -2.47. The standard InChI is InChI=1S/C24H33N3O/c1-4-11-25(12-5-1)15-16-28-22-17-18-7-6-13-26-14-10-20-19-8-2-3-9-21(19)27(22)24(20)23(18)26/h2-3,8-9,18,22-23H,1,4-7,10-17H2/t18-,22+,23+/m0/s1. The van der Waals surface area contributed by atoms with Crippen LogP contribution in [0.5, 0.6) is 0 Å². The number of hydrogen-bond acceptors (Lipinski definition) is 3. The molecule has 0 spiro atoms. The number of benzene rings is 1. The number of para-hydroxylation sites is 1. The smallest absolute Gasteiger partial charge is 0.134 e. The van der Waals surface area contributed by atoms with Crippen molar-refractivity contribution in [1.29, 1.82) is 0 Å². The number of nitrogens with zero attached hydrogens (tertiary/aromatic N) is 3. The van der Waals surface area contributed by atoms with Crippen molar-refractivity contribution >= 4 is 10.9 Å². The molecule has 0 amide bonds. The quantitative estimate of drug-likeness (QED) is 0.788. The number of likely N-dealkylation sites (tertiary alicyclic amines) is 1. The second kappa shape index (κ2) is 7.16. The molecule has 2 saturated heterocycles. The van der Waals surface area contributed by atoms with Crippen molar-refractivity contribution in [3.63, 3.8) is 0 Å². The van der Waals surface area contributed by atoms with E-state index in [9.17, 15) is 0 Å². The van der Waals surface area contributed by atoms with Gasteiger partial charge in [0.2, 0.25) is 0 Å². The molecule has 2 aromatic rings. The maximum Gasteiger partial charge on any atom is 0.134 e. The van der Waals surface area contributed by atoms with E-state index < -0.39 is 0 Å². The molecule has 0 aliphatic carbocycles. The van der Waals surface area contributed by atoms with Crippen LogP contribution in [0, 0.1) is 5.92 Å². The van der Waals surface area contributed by atoms with Crippen LogP contribution < -0.4 is 0 Å². The van der Waals surface area contributed by atoms with Gasteiger partial charge >= 0.3 is 0 Å². The summed E-state index contributed by atoms with van der Waals surface area (Å²) in [7, 11) is 0. The van der Waals surface area contributed by atoms with Crippen LogP contribution in [0.3, 0.4) is 0 Å². The van der Waals surface area contributed by atoms with E-state index in [1.54, 1.807) is 11.3 Å². The summed E-state index contributed by atoms with van der Waals surface area (Å²) < 4.78 is 9.26. The first-order chi connectivity index (χ1) is 13.9. The van der Waals surface area contributed by atoms with Gasteiger partial charge in [0.1, 0.15) is 6.23 Å². The third-order valence-corrected chi connectivity index (χ3v) is 7.81. The minimum atomic E-state index is 0.220. The number of aromatic nitrogens is 1. The summed E-state index contributed by atoms with van der Waals surface area (Å²) in [5.41, 5.74) is 4.63. The monoisotopic (exact) mass is 379 g/mol. The van der Waals surface area contributed by atoms with Crippen LogP contribution in [0.2, 0.25) is 0 Å². The summed E-state index contributed by atoms with van der Waals surface area (Å²) in [6, 6.07) is 9.71. The lowest BCUT2D eigenvalue weighted by molar-refractivity contribution is -0.0642. The first-order valence-corrected chi connectivity index (χ1v) is 11.6. The molecule has 4 nitrogen and oxygen atoms in total. The van der Waals surface area contributed by atoms with Crippen molar-refractivity contribution in [2.24, 2.45) is 5.92 Å². The average Bonchev–Trinajstić information content (AvgIpc) is 3.09. The minimum Gasteiger partial charge on any atom is -0.357 e. The number of hydrogen-bond donors (Lipinski definition) is 0. The molecule has 0 unspecified atom stereocenters. The molecule has 0 N–H and O–H groups in total. The molecule has 4 heteroatoms. The Bertz CT molecular complexity index is 853. The van der Waals surface area contributed by atoms with E-state index in [1.807, 2.05) is 0 Å². The van der Waals surface area contributed by atoms with Crippen LogP contribution >= 0.6 is 0 Å². The van der Waals surface area contributed by atoms with Gasteiger partial charge in [0.15, 0.2) is 0 Å². The molecule has 6 rings (SSSR count). The van der Waals surface area contributed by atoms with Crippen molar-refractivity contribution in [3.8, 4) is 0 Å². The highest BCUT2D eigenvalue weighted by Crippen LogP contribution is 2.51. The zero-order valence-electron chi connectivity index (χ0n) is 17.0. The molecule has 1 aromatic carbocycles. The van der Waals surface area contributed by atoms with Crippen molar-refractivity contribution < 1.29 is 4.74 Å². The highest BCUT2D eigenvalue weighted by Gasteiger charge is 2.45. The summed E-state index contributed by atoms with van der Waals surface area (Å²) in [5, 5.41) is 1.48. The van der Waals surface area contributed by atoms with Crippen molar-refractivity contribution in [2.75, 3.05) is 39.3 Å². The van der Waals surface area contributed by atoms with Crippen molar-refractivity contribution in [3.05, 3.63) is 35.5 Å². The highest BCUT2D eigenvalue weighted by atomic mass is 16.5. The Balaban J connectivity index is 1.33. The first-order valence-electron chi connectivity index (χ1n) is 11.6. The maximum absolute atomic E-state index is 6.64. The van der Waals surface area contributed by atoms with Gasteiger partial charge in [-0.2, -0.15) is 0 Å². The van der Waals surface area contributed by atoms with Crippen molar-refractivity contribution in [1.82, 2.24) is 14.4 Å². The molecule has 28 heavy (non-hydrogen) atoms. The molecule has 0 saturated carbocycles. The molecular formula is C24H33N3O. The molecule has 5 heterocycles. The number of piperidine rings is 2. The summed E-state index contributed by atoms with van der Waals surface area (Å²) in [6.45, 7) is 7.00. The summed E-state index contributed by atoms with van der Waals surface area (Å²) in [6.07, 6.45) is 9.46. The van der Waals surface area contributed by atoms with Crippen LogP contribution in [-0.4, -0.2) is 53.7 Å². The summed E-state index contributed by atoms with van der Waals surface area (Å²) in [4.78, 5) is 5.37. The van der Waals surface area contributed by atoms with Gasteiger partial charge in [0.25, 0.3) is 0 Å². The lowest BCUT2D eigenvalue weighted by atomic mass is 9.78. The predicted octanol–water partition coefficient (Wildman–Crippen LogP) is 4.36. The molecule has 4 aliphatic rings. The van der Waals surface area contributed by atoms with Gasteiger partial charge in [0, 0.05) is 24.2 Å². The van der Waals surface area contributed by atoms with Crippen LogP contribution in [0.15, 0.2) is 24.3 Å². The van der Waals surface area contributed by atoms with E-state index in [0.717, 1.165) is 19.1 Å². The fraction of sp³-hybridized carbons (Fsp3) is 0.667. The van der Waals surface area contributed by atoms with E-state index >= 15 is 0 Å². The molecule has 0 radical (unpaired) electrons. The first kappa shape index (κ1) is 17.5. The maximum atomic E-state index is 6.64. The zero-order chi connectivity index (χ0) is 18.5.